The quantitative estimate of drug-likeness (QED) is 0.879. The number of aryl methyl sites for hydroxylation is 1. The minimum Gasteiger partial charge on any atom is -0.487 e. The minimum absolute atomic E-state index is 0.270. The third-order valence-electron chi connectivity index (χ3n) is 3.37. The maximum absolute atomic E-state index is 6.10. The normalized spacial score (nSPS) is 19.9. The number of fused-ring (bicyclic) bond motifs is 1. The van der Waals surface area contributed by atoms with Crippen LogP contribution in [0.4, 0.5) is 0 Å². The van der Waals surface area contributed by atoms with Crippen LogP contribution in [-0.4, -0.2) is 24.2 Å². The van der Waals surface area contributed by atoms with E-state index in [1.165, 1.54) is 6.42 Å². The van der Waals surface area contributed by atoms with Crippen molar-refractivity contribution >= 4 is 10.9 Å². The lowest BCUT2D eigenvalue weighted by Crippen LogP contribution is -2.37. The Kier molecular flexibility index (Phi) is 3.15. The van der Waals surface area contributed by atoms with Gasteiger partial charge in [-0.1, -0.05) is 18.2 Å². The van der Waals surface area contributed by atoms with E-state index >= 15 is 0 Å². The first-order valence-electron chi connectivity index (χ1n) is 6.57. The first-order chi connectivity index (χ1) is 8.83. The van der Waals surface area contributed by atoms with Crippen molar-refractivity contribution in [1.82, 2.24) is 10.3 Å². The van der Waals surface area contributed by atoms with Crippen LogP contribution in [0.25, 0.3) is 10.9 Å². The molecule has 1 atom stereocenters. The number of ether oxygens (including phenoxy) is 1. The average Bonchev–Trinajstić information content (AvgIpc) is 2.41. The minimum atomic E-state index is 0.270. The van der Waals surface area contributed by atoms with Gasteiger partial charge in [0.05, 0.1) is 0 Å². The first kappa shape index (κ1) is 11.5. The van der Waals surface area contributed by atoms with Crippen LogP contribution in [0.1, 0.15) is 18.5 Å². The van der Waals surface area contributed by atoms with Gasteiger partial charge < -0.3 is 10.1 Å². The topological polar surface area (TPSA) is 34.1 Å². The van der Waals surface area contributed by atoms with Crippen molar-refractivity contribution in [1.29, 1.82) is 0 Å². The lowest BCUT2D eigenvalue weighted by Gasteiger charge is -2.24. The van der Waals surface area contributed by atoms with Crippen LogP contribution < -0.4 is 10.1 Å². The number of pyridine rings is 1. The van der Waals surface area contributed by atoms with Crippen molar-refractivity contribution in [3.05, 3.63) is 36.0 Å². The Hall–Kier alpha value is -1.61. The van der Waals surface area contributed by atoms with Gasteiger partial charge in [-0.05, 0) is 38.4 Å². The molecule has 0 bridgehead atoms. The monoisotopic (exact) mass is 242 g/mol. The molecule has 1 aliphatic heterocycles. The van der Waals surface area contributed by atoms with Crippen molar-refractivity contribution < 1.29 is 4.74 Å². The number of para-hydroxylation sites is 1. The Morgan fingerprint density at radius 2 is 2.22 bits per heavy atom. The molecule has 18 heavy (non-hydrogen) atoms. The number of benzene rings is 1. The van der Waals surface area contributed by atoms with Crippen molar-refractivity contribution in [3.63, 3.8) is 0 Å². The van der Waals surface area contributed by atoms with Crippen LogP contribution in [0.2, 0.25) is 0 Å². The third kappa shape index (κ3) is 2.31. The molecule has 1 fully saturated rings. The molecule has 3 heteroatoms. The zero-order valence-electron chi connectivity index (χ0n) is 10.6. The molecule has 3 rings (SSSR count). The molecule has 1 N–H and O–H groups in total. The number of nitrogens with zero attached hydrogens (tertiary/aromatic N) is 1. The Morgan fingerprint density at radius 3 is 3.06 bits per heavy atom. The highest BCUT2D eigenvalue weighted by Crippen LogP contribution is 2.25. The van der Waals surface area contributed by atoms with Crippen molar-refractivity contribution in [2.75, 3.05) is 13.1 Å². The summed E-state index contributed by atoms with van der Waals surface area (Å²) in [5.41, 5.74) is 2.00. The van der Waals surface area contributed by atoms with E-state index in [-0.39, 0.29) is 6.10 Å². The number of hydrogen-bond acceptors (Lipinski definition) is 3. The second kappa shape index (κ2) is 4.94. The molecule has 1 unspecified atom stereocenters. The van der Waals surface area contributed by atoms with Crippen LogP contribution in [0.3, 0.4) is 0 Å². The summed E-state index contributed by atoms with van der Waals surface area (Å²) in [6.07, 6.45) is 2.57. The van der Waals surface area contributed by atoms with E-state index in [1.807, 2.05) is 25.1 Å². The van der Waals surface area contributed by atoms with E-state index < -0.39 is 0 Å². The van der Waals surface area contributed by atoms with E-state index in [0.29, 0.717) is 0 Å². The molecule has 0 aliphatic carbocycles. The van der Waals surface area contributed by atoms with E-state index in [4.69, 9.17) is 4.74 Å². The fourth-order valence-electron chi connectivity index (χ4n) is 2.41. The molecule has 3 nitrogen and oxygen atoms in total. The van der Waals surface area contributed by atoms with E-state index in [0.717, 1.165) is 41.9 Å². The summed E-state index contributed by atoms with van der Waals surface area (Å²) in [6, 6.07) is 10.3. The SMILES string of the molecule is Cc1ccc2cccc(OC3CCCNC3)c2n1. The Bertz CT molecular complexity index is 547. The second-order valence-electron chi connectivity index (χ2n) is 4.87. The summed E-state index contributed by atoms with van der Waals surface area (Å²) in [5.74, 6) is 0.907. The van der Waals surface area contributed by atoms with Gasteiger partial charge in [-0.15, -0.1) is 0 Å². The molecule has 0 saturated carbocycles. The van der Waals surface area contributed by atoms with Gasteiger partial charge in [0.1, 0.15) is 17.4 Å². The summed E-state index contributed by atoms with van der Waals surface area (Å²) in [6.45, 7) is 4.05. The first-order valence-corrected chi connectivity index (χ1v) is 6.57. The summed E-state index contributed by atoms with van der Waals surface area (Å²) in [5, 5.41) is 4.51. The molecular formula is C15H18N2O. The number of nitrogens with one attached hydrogen (secondary N) is 1. The number of aromatic nitrogens is 1. The predicted octanol–water partition coefficient (Wildman–Crippen LogP) is 2.67. The smallest absolute Gasteiger partial charge is 0.146 e. The van der Waals surface area contributed by atoms with Gasteiger partial charge in [-0.3, -0.25) is 0 Å². The standard InChI is InChI=1S/C15H18N2O/c1-11-7-8-12-4-2-6-14(15(12)17-11)18-13-5-3-9-16-10-13/h2,4,6-8,13,16H,3,5,9-10H2,1H3. The fraction of sp³-hybridized carbons (Fsp3) is 0.400. The number of piperidine rings is 1. The summed E-state index contributed by atoms with van der Waals surface area (Å²) < 4.78 is 6.10. The Morgan fingerprint density at radius 1 is 1.28 bits per heavy atom. The largest absolute Gasteiger partial charge is 0.487 e. The van der Waals surface area contributed by atoms with Crippen LogP contribution in [0.15, 0.2) is 30.3 Å². The second-order valence-corrected chi connectivity index (χ2v) is 4.87. The molecular weight excluding hydrogens is 224 g/mol. The lowest BCUT2D eigenvalue weighted by atomic mass is 10.1. The highest BCUT2D eigenvalue weighted by molar-refractivity contribution is 5.84. The van der Waals surface area contributed by atoms with Gasteiger partial charge in [0, 0.05) is 17.6 Å². The van der Waals surface area contributed by atoms with E-state index in [2.05, 4.69) is 22.4 Å². The summed E-state index contributed by atoms with van der Waals surface area (Å²) >= 11 is 0. The third-order valence-corrected chi connectivity index (χ3v) is 3.37. The molecule has 2 aromatic rings. The van der Waals surface area contributed by atoms with Gasteiger partial charge in [0.2, 0.25) is 0 Å². The maximum atomic E-state index is 6.10. The van der Waals surface area contributed by atoms with Gasteiger partial charge >= 0.3 is 0 Å². The predicted molar refractivity (Wildman–Crippen MR) is 73.0 cm³/mol. The van der Waals surface area contributed by atoms with Crippen LogP contribution in [-0.2, 0) is 0 Å². The van der Waals surface area contributed by atoms with E-state index in [1.54, 1.807) is 0 Å². The van der Waals surface area contributed by atoms with Crippen molar-refractivity contribution in [2.24, 2.45) is 0 Å². The van der Waals surface area contributed by atoms with Crippen LogP contribution in [0, 0.1) is 6.92 Å². The molecule has 0 amide bonds. The number of hydrogen-bond donors (Lipinski definition) is 1. The Labute approximate surface area is 107 Å². The van der Waals surface area contributed by atoms with Gasteiger partial charge in [-0.2, -0.15) is 0 Å². The Balaban J connectivity index is 1.92. The van der Waals surface area contributed by atoms with Crippen LogP contribution >= 0.6 is 0 Å². The lowest BCUT2D eigenvalue weighted by molar-refractivity contribution is 0.169. The van der Waals surface area contributed by atoms with Crippen molar-refractivity contribution in [2.45, 2.75) is 25.9 Å². The van der Waals surface area contributed by atoms with E-state index in [9.17, 15) is 0 Å². The summed E-state index contributed by atoms with van der Waals surface area (Å²) in [7, 11) is 0. The molecule has 94 valence electrons. The highest BCUT2D eigenvalue weighted by atomic mass is 16.5. The van der Waals surface area contributed by atoms with Gasteiger partial charge in [0.15, 0.2) is 0 Å². The zero-order chi connectivity index (χ0) is 12.4. The molecule has 1 aromatic heterocycles. The molecule has 1 saturated heterocycles. The molecule has 0 spiro atoms. The molecule has 1 aliphatic rings. The maximum Gasteiger partial charge on any atom is 0.146 e. The van der Waals surface area contributed by atoms with Crippen molar-refractivity contribution in [3.8, 4) is 5.75 Å². The zero-order valence-corrected chi connectivity index (χ0v) is 10.6. The van der Waals surface area contributed by atoms with Crippen LogP contribution in [0.5, 0.6) is 5.75 Å². The number of rotatable bonds is 2. The van der Waals surface area contributed by atoms with Gasteiger partial charge in [0.25, 0.3) is 0 Å². The molecule has 1 aromatic carbocycles. The highest BCUT2D eigenvalue weighted by Gasteiger charge is 2.15. The average molecular weight is 242 g/mol. The summed E-state index contributed by atoms with van der Waals surface area (Å²) in [4.78, 5) is 4.60. The fourth-order valence-corrected chi connectivity index (χ4v) is 2.41. The molecule has 2 heterocycles. The molecule has 0 radical (unpaired) electrons. The van der Waals surface area contributed by atoms with Gasteiger partial charge in [-0.25, -0.2) is 4.98 Å².